The number of rotatable bonds is 6. The van der Waals surface area contributed by atoms with Crippen molar-refractivity contribution in [3.8, 4) is 0 Å². The Labute approximate surface area is 162 Å². The average Bonchev–Trinajstić information content (AvgIpc) is 3.30. The first-order valence-corrected chi connectivity index (χ1v) is 11.5. The molecule has 1 saturated carbocycles. The van der Waals surface area contributed by atoms with E-state index in [0.29, 0.717) is 5.91 Å². The number of hydrogen-bond donors (Lipinski definition) is 2. The van der Waals surface area contributed by atoms with Gasteiger partial charge in [0.15, 0.2) is 0 Å². The average molecular weight is 382 g/mol. The maximum atomic E-state index is 12.5. The van der Waals surface area contributed by atoms with E-state index in [0.717, 1.165) is 56.9 Å². The number of thioether (sulfide) groups is 1. The minimum atomic E-state index is -0.0985. The summed E-state index contributed by atoms with van der Waals surface area (Å²) >= 11 is 1.87. The van der Waals surface area contributed by atoms with Crippen LogP contribution in [0.4, 0.5) is 0 Å². The van der Waals surface area contributed by atoms with Gasteiger partial charge >= 0.3 is 0 Å². The summed E-state index contributed by atoms with van der Waals surface area (Å²) in [6.07, 6.45) is 9.96. The van der Waals surface area contributed by atoms with E-state index >= 15 is 0 Å². The van der Waals surface area contributed by atoms with Gasteiger partial charge in [0.25, 0.3) is 0 Å². The highest BCUT2D eigenvalue weighted by Crippen LogP contribution is 2.39. The zero-order chi connectivity index (χ0) is 18.6. The molecule has 2 atom stereocenters. The Balaban J connectivity index is 1.41. The molecule has 0 aromatic heterocycles. The first kappa shape index (κ1) is 20.0. The number of nitrogens with zero attached hydrogens (tertiary/aromatic N) is 1. The second-order valence-corrected chi connectivity index (χ2v) is 9.79. The van der Waals surface area contributed by atoms with Gasteiger partial charge in [0.1, 0.15) is 0 Å². The van der Waals surface area contributed by atoms with Crippen LogP contribution in [0.5, 0.6) is 0 Å². The molecule has 2 saturated heterocycles. The van der Waals surface area contributed by atoms with Gasteiger partial charge in [-0.25, -0.2) is 0 Å². The van der Waals surface area contributed by atoms with Crippen LogP contribution in [-0.2, 0) is 9.59 Å². The van der Waals surface area contributed by atoms with Gasteiger partial charge in [-0.2, -0.15) is 0 Å². The lowest BCUT2D eigenvalue weighted by molar-refractivity contribution is -0.133. The third-order valence-electron chi connectivity index (χ3n) is 6.45. The monoisotopic (exact) mass is 381 g/mol. The van der Waals surface area contributed by atoms with E-state index in [4.69, 9.17) is 0 Å². The minimum Gasteiger partial charge on any atom is -0.352 e. The van der Waals surface area contributed by atoms with E-state index in [1.54, 1.807) is 0 Å². The highest BCUT2D eigenvalue weighted by molar-refractivity contribution is 8.01. The molecule has 2 aliphatic heterocycles. The fourth-order valence-electron chi connectivity index (χ4n) is 4.42. The standard InChI is InChI=1S/C20H35N3O2S/c1-3-15(2)21-19(25)17-14-26-20(22-17)10-12-23(13-11-20)18(24)9-8-16-6-4-5-7-16/h15-17,22H,3-14H2,1-2H3,(H,21,25). The summed E-state index contributed by atoms with van der Waals surface area (Å²) in [5, 5.41) is 6.67. The lowest BCUT2D eigenvalue weighted by Gasteiger charge is -2.39. The van der Waals surface area contributed by atoms with Gasteiger partial charge in [0, 0.05) is 31.3 Å². The van der Waals surface area contributed by atoms with Gasteiger partial charge in [-0.1, -0.05) is 32.6 Å². The molecule has 0 aromatic carbocycles. The van der Waals surface area contributed by atoms with Crippen molar-refractivity contribution in [1.82, 2.24) is 15.5 Å². The maximum absolute atomic E-state index is 12.5. The Kier molecular flexibility index (Phi) is 6.89. The van der Waals surface area contributed by atoms with Crippen molar-refractivity contribution in [3.05, 3.63) is 0 Å². The van der Waals surface area contributed by atoms with E-state index in [1.807, 2.05) is 18.7 Å². The van der Waals surface area contributed by atoms with Crippen molar-refractivity contribution < 1.29 is 9.59 Å². The molecule has 148 valence electrons. The predicted molar refractivity (Wildman–Crippen MR) is 107 cm³/mol. The van der Waals surface area contributed by atoms with Crippen LogP contribution >= 0.6 is 11.8 Å². The topological polar surface area (TPSA) is 61.4 Å². The molecular weight excluding hydrogens is 346 g/mol. The summed E-state index contributed by atoms with van der Waals surface area (Å²) in [7, 11) is 0. The molecule has 0 radical (unpaired) electrons. The summed E-state index contributed by atoms with van der Waals surface area (Å²) in [5.41, 5.74) is 0. The predicted octanol–water partition coefficient (Wildman–Crippen LogP) is 2.90. The van der Waals surface area contributed by atoms with Gasteiger partial charge in [-0.15, -0.1) is 11.8 Å². The number of piperidine rings is 1. The number of amides is 2. The van der Waals surface area contributed by atoms with Crippen LogP contribution in [0.1, 0.15) is 71.6 Å². The largest absolute Gasteiger partial charge is 0.352 e. The van der Waals surface area contributed by atoms with Crippen LogP contribution in [0.25, 0.3) is 0 Å². The first-order valence-electron chi connectivity index (χ1n) is 10.5. The molecule has 0 aromatic rings. The molecule has 2 amide bonds. The molecule has 2 heterocycles. The highest BCUT2D eigenvalue weighted by atomic mass is 32.2. The van der Waals surface area contributed by atoms with Gasteiger partial charge in [-0.05, 0) is 38.5 Å². The number of hydrogen-bond acceptors (Lipinski definition) is 4. The molecule has 3 rings (SSSR count). The van der Waals surface area contributed by atoms with Crippen molar-refractivity contribution in [2.24, 2.45) is 5.92 Å². The lowest BCUT2D eigenvalue weighted by atomic mass is 9.99. The number of likely N-dealkylation sites (tertiary alicyclic amines) is 1. The normalized spacial score (nSPS) is 27.0. The van der Waals surface area contributed by atoms with Crippen LogP contribution < -0.4 is 10.6 Å². The molecule has 6 heteroatoms. The smallest absolute Gasteiger partial charge is 0.238 e. The summed E-state index contributed by atoms with van der Waals surface area (Å²) < 4.78 is 0. The summed E-state index contributed by atoms with van der Waals surface area (Å²) in [6.45, 7) is 5.78. The lowest BCUT2D eigenvalue weighted by Crippen LogP contribution is -2.55. The number of nitrogens with one attached hydrogen (secondary N) is 2. The molecule has 2 N–H and O–H groups in total. The van der Waals surface area contributed by atoms with E-state index in [1.165, 1.54) is 25.7 Å². The fourth-order valence-corrected chi connectivity index (χ4v) is 5.84. The van der Waals surface area contributed by atoms with Crippen molar-refractivity contribution in [2.45, 2.75) is 88.6 Å². The zero-order valence-corrected chi connectivity index (χ0v) is 17.2. The van der Waals surface area contributed by atoms with Gasteiger partial charge in [-0.3, -0.25) is 14.9 Å². The van der Waals surface area contributed by atoms with E-state index < -0.39 is 0 Å². The van der Waals surface area contributed by atoms with Gasteiger partial charge < -0.3 is 10.2 Å². The van der Waals surface area contributed by atoms with Crippen molar-refractivity contribution in [1.29, 1.82) is 0 Å². The molecule has 2 unspecified atom stereocenters. The minimum absolute atomic E-state index is 0.0142. The van der Waals surface area contributed by atoms with Crippen LogP contribution in [-0.4, -0.2) is 52.5 Å². The zero-order valence-electron chi connectivity index (χ0n) is 16.4. The molecular formula is C20H35N3O2S. The van der Waals surface area contributed by atoms with Crippen LogP contribution in [0.15, 0.2) is 0 Å². The third-order valence-corrected chi connectivity index (χ3v) is 8.02. The Morgan fingerprint density at radius 3 is 2.62 bits per heavy atom. The summed E-state index contributed by atoms with van der Waals surface area (Å²) in [5.74, 6) is 2.07. The SMILES string of the molecule is CCC(C)NC(=O)C1CSC2(CCN(C(=O)CCC3CCCC3)CC2)N1. The van der Waals surface area contributed by atoms with Crippen LogP contribution in [0.2, 0.25) is 0 Å². The summed E-state index contributed by atoms with van der Waals surface area (Å²) in [6, 6.07) is 0.129. The summed E-state index contributed by atoms with van der Waals surface area (Å²) in [4.78, 5) is 26.9. The second-order valence-electron chi connectivity index (χ2n) is 8.39. The van der Waals surface area contributed by atoms with Crippen LogP contribution in [0, 0.1) is 5.92 Å². The van der Waals surface area contributed by atoms with Gasteiger partial charge in [0.05, 0.1) is 10.9 Å². The Hall–Kier alpha value is -0.750. The third kappa shape index (κ3) is 4.94. The molecule has 26 heavy (non-hydrogen) atoms. The maximum Gasteiger partial charge on any atom is 0.238 e. The fraction of sp³-hybridized carbons (Fsp3) is 0.900. The van der Waals surface area contributed by atoms with Crippen molar-refractivity contribution in [3.63, 3.8) is 0 Å². The second kappa shape index (κ2) is 8.96. The quantitative estimate of drug-likeness (QED) is 0.743. The molecule has 1 aliphatic carbocycles. The van der Waals surface area contributed by atoms with E-state index in [9.17, 15) is 9.59 Å². The molecule has 1 spiro atoms. The van der Waals surface area contributed by atoms with Crippen LogP contribution in [0.3, 0.4) is 0 Å². The Bertz CT molecular complexity index is 499. The number of carbonyl (C=O) groups is 2. The number of carbonyl (C=O) groups excluding carboxylic acids is 2. The molecule has 5 nitrogen and oxygen atoms in total. The van der Waals surface area contributed by atoms with Crippen molar-refractivity contribution >= 4 is 23.6 Å². The first-order chi connectivity index (χ1) is 12.5. The van der Waals surface area contributed by atoms with Gasteiger partial charge in [0.2, 0.25) is 11.8 Å². The highest BCUT2D eigenvalue weighted by Gasteiger charge is 2.44. The molecule has 3 fully saturated rings. The van der Waals surface area contributed by atoms with E-state index in [-0.39, 0.29) is 22.9 Å². The molecule has 3 aliphatic rings. The Morgan fingerprint density at radius 2 is 1.96 bits per heavy atom. The van der Waals surface area contributed by atoms with E-state index in [2.05, 4.69) is 22.5 Å². The molecule has 0 bridgehead atoms. The van der Waals surface area contributed by atoms with Crippen molar-refractivity contribution in [2.75, 3.05) is 18.8 Å². The Morgan fingerprint density at radius 1 is 1.27 bits per heavy atom.